The van der Waals surface area contributed by atoms with Crippen LogP contribution >= 0.6 is 0 Å². The number of hydrogen-bond donors (Lipinski definition) is 2. The van der Waals surface area contributed by atoms with E-state index in [0.717, 1.165) is 38.8 Å². The lowest BCUT2D eigenvalue weighted by atomic mass is 9.86. The second-order valence-electron chi connectivity index (χ2n) is 6.34. The lowest BCUT2D eigenvalue weighted by Gasteiger charge is -2.26. The predicted octanol–water partition coefficient (Wildman–Crippen LogP) is 2.46. The minimum absolute atomic E-state index is 0.0869. The van der Waals surface area contributed by atoms with E-state index in [1.807, 2.05) is 4.90 Å². The fourth-order valence-electron chi connectivity index (χ4n) is 3.54. The predicted molar refractivity (Wildman–Crippen MR) is 76.5 cm³/mol. The quantitative estimate of drug-likeness (QED) is 0.814. The lowest BCUT2D eigenvalue weighted by molar-refractivity contribution is -0.148. The Labute approximate surface area is 120 Å². The van der Waals surface area contributed by atoms with Crippen LogP contribution in [0.15, 0.2) is 0 Å². The van der Waals surface area contributed by atoms with Crippen molar-refractivity contribution in [3.63, 3.8) is 0 Å². The van der Waals surface area contributed by atoms with Crippen LogP contribution in [-0.4, -0.2) is 41.6 Å². The molecular formula is C15H26N2O3. The smallest absolute Gasteiger partial charge is 0.317 e. The lowest BCUT2D eigenvalue weighted by Crippen LogP contribution is -2.46. The van der Waals surface area contributed by atoms with Gasteiger partial charge in [-0.2, -0.15) is 0 Å². The molecule has 5 nitrogen and oxygen atoms in total. The summed E-state index contributed by atoms with van der Waals surface area (Å²) in [5.74, 6) is -0.147. The van der Waals surface area contributed by atoms with Crippen molar-refractivity contribution in [2.24, 2.45) is 11.3 Å². The number of amides is 2. The Kier molecular flexibility index (Phi) is 4.89. The van der Waals surface area contributed by atoms with Crippen LogP contribution in [0.5, 0.6) is 0 Å². The summed E-state index contributed by atoms with van der Waals surface area (Å²) in [5.41, 5.74) is -0.724. The maximum absolute atomic E-state index is 12.1. The molecule has 1 saturated heterocycles. The van der Waals surface area contributed by atoms with Crippen molar-refractivity contribution >= 4 is 12.0 Å². The Balaban J connectivity index is 1.82. The summed E-state index contributed by atoms with van der Waals surface area (Å²) < 4.78 is 0. The van der Waals surface area contributed by atoms with Crippen molar-refractivity contribution in [2.75, 3.05) is 19.6 Å². The van der Waals surface area contributed by atoms with Gasteiger partial charge in [0.15, 0.2) is 0 Å². The number of hydrogen-bond acceptors (Lipinski definition) is 2. The normalized spacial score (nSPS) is 24.9. The monoisotopic (exact) mass is 282 g/mol. The molecule has 0 aromatic heterocycles. The summed E-state index contributed by atoms with van der Waals surface area (Å²) in [6.07, 6.45) is 6.66. The highest BCUT2D eigenvalue weighted by atomic mass is 16.4. The molecule has 2 N–H and O–H groups in total. The number of aliphatic carboxylic acids is 1. The average molecular weight is 282 g/mol. The van der Waals surface area contributed by atoms with Gasteiger partial charge in [-0.1, -0.05) is 26.2 Å². The van der Waals surface area contributed by atoms with Crippen LogP contribution in [0.25, 0.3) is 0 Å². The molecule has 0 radical (unpaired) electrons. The molecule has 2 amide bonds. The van der Waals surface area contributed by atoms with Crippen LogP contribution in [0.2, 0.25) is 0 Å². The summed E-state index contributed by atoms with van der Waals surface area (Å²) >= 11 is 0. The van der Waals surface area contributed by atoms with Crippen molar-refractivity contribution in [1.29, 1.82) is 0 Å². The fourth-order valence-corrected chi connectivity index (χ4v) is 3.54. The Hall–Kier alpha value is -1.26. The van der Waals surface area contributed by atoms with Crippen LogP contribution in [-0.2, 0) is 4.79 Å². The molecule has 0 bridgehead atoms. The Morgan fingerprint density at radius 2 is 2.05 bits per heavy atom. The first kappa shape index (κ1) is 15.1. The summed E-state index contributed by atoms with van der Waals surface area (Å²) in [7, 11) is 0. The van der Waals surface area contributed by atoms with Crippen molar-refractivity contribution in [3.8, 4) is 0 Å². The number of likely N-dealkylation sites (tertiary alicyclic amines) is 1. The molecule has 0 aromatic carbocycles. The first-order valence-corrected chi connectivity index (χ1v) is 7.83. The molecule has 1 unspecified atom stereocenters. The number of nitrogens with one attached hydrogen (secondary N) is 1. The van der Waals surface area contributed by atoms with Gasteiger partial charge >= 0.3 is 12.0 Å². The van der Waals surface area contributed by atoms with E-state index in [-0.39, 0.29) is 12.6 Å². The number of urea groups is 1. The first-order chi connectivity index (χ1) is 9.57. The highest BCUT2D eigenvalue weighted by Crippen LogP contribution is 2.37. The van der Waals surface area contributed by atoms with E-state index in [1.165, 1.54) is 6.42 Å². The third-order valence-corrected chi connectivity index (χ3v) is 4.86. The van der Waals surface area contributed by atoms with Crippen molar-refractivity contribution in [3.05, 3.63) is 0 Å². The standard InChI is InChI=1S/C15H26N2O3/c1-2-5-12-6-9-17(10-12)14(20)16-11-15(13(18)19)7-3-4-8-15/h12H,2-11H2,1H3,(H,16,20)(H,18,19). The van der Waals surface area contributed by atoms with Gasteiger partial charge in [0.2, 0.25) is 0 Å². The number of carbonyl (C=O) groups excluding carboxylic acids is 1. The Morgan fingerprint density at radius 1 is 1.35 bits per heavy atom. The summed E-state index contributed by atoms with van der Waals surface area (Å²) in [6, 6.07) is -0.0869. The third-order valence-electron chi connectivity index (χ3n) is 4.86. The summed E-state index contributed by atoms with van der Waals surface area (Å²) in [4.78, 5) is 25.4. The average Bonchev–Trinajstić information content (AvgIpc) is 3.06. The van der Waals surface area contributed by atoms with Crippen LogP contribution in [0, 0.1) is 11.3 Å². The minimum Gasteiger partial charge on any atom is -0.481 e. The first-order valence-electron chi connectivity index (χ1n) is 7.83. The summed E-state index contributed by atoms with van der Waals surface area (Å²) in [6.45, 7) is 4.06. The van der Waals surface area contributed by atoms with Crippen LogP contribution in [0.4, 0.5) is 4.79 Å². The number of nitrogens with zero attached hydrogens (tertiary/aromatic N) is 1. The SMILES string of the molecule is CCCC1CCN(C(=O)NCC2(C(=O)O)CCCC2)C1. The van der Waals surface area contributed by atoms with Crippen molar-refractivity contribution in [1.82, 2.24) is 10.2 Å². The third kappa shape index (κ3) is 3.25. The highest BCUT2D eigenvalue weighted by molar-refractivity contribution is 5.78. The van der Waals surface area contributed by atoms with Crippen LogP contribution in [0.1, 0.15) is 51.9 Å². The van der Waals surface area contributed by atoms with E-state index in [1.54, 1.807) is 0 Å². The molecule has 0 spiro atoms. The molecule has 114 valence electrons. The molecule has 2 fully saturated rings. The number of carboxylic acid groups (broad SMARTS) is 1. The Morgan fingerprint density at radius 3 is 2.65 bits per heavy atom. The number of rotatable bonds is 5. The molecular weight excluding hydrogens is 256 g/mol. The van der Waals surface area contributed by atoms with Gasteiger partial charge in [-0.05, 0) is 31.6 Å². The molecule has 2 rings (SSSR count). The van der Waals surface area contributed by atoms with Gasteiger partial charge < -0.3 is 15.3 Å². The zero-order chi connectivity index (χ0) is 14.6. The minimum atomic E-state index is -0.763. The molecule has 20 heavy (non-hydrogen) atoms. The van der Waals surface area contributed by atoms with E-state index in [9.17, 15) is 14.7 Å². The van der Waals surface area contributed by atoms with E-state index in [0.29, 0.717) is 18.8 Å². The number of carboxylic acids is 1. The molecule has 2 aliphatic rings. The molecule has 1 aliphatic carbocycles. The molecule has 5 heteroatoms. The van der Waals surface area contributed by atoms with E-state index < -0.39 is 11.4 Å². The van der Waals surface area contributed by atoms with Crippen LogP contribution < -0.4 is 5.32 Å². The second kappa shape index (κ2) is 6.46. The van der Waals surface area contributed by atoms with E-state index in [4.69, 9.17) is 0 Å². The van der Waals surface area contributed by atoms with E-state index in [2.05, 4.69) is 12.2 Å². The van der Waals surface area contributed by atoms with Gasteiger partial charge in [-0.3, -0.25) is 4.79 Å². The van der Waals surface area contributed by atoms with Crippen molar-refractivity contribution < 1.29 is 14.7 Å². The molecule has 1 atom stereocenters. The zero-order valence-electron chi connectivity index (χ0n) is 12.4. The van der Waals surface area contributed by atoms with Crippen LogP contribution in [0.3, 0.4) is 0 Å². The fraction of sp³-hybridized carbons (Fsp3) is 0.867. The Bertz CT molecular complexity index is 364. The zero-order valence-corrected chi connectivity index (χ0v) is 12.4. The second-order valence-corrected chi connectivity index (χ2v) is 6.34. The maximum Gasteiger partial charge on any atom is 0.317 e. The maximum atomic E-state index is 12.1. The summed E-state index contributed by atoms with van der Waals surface area (Å²) in [5, 5.41) is 12.2. The van der Waals surface area contributed by atoms with Gasteiger partial charge in [0.1, 0.15) is 0 Å². The largest absolute Gasteiger partial charge is 0.481 e. The van der Waals surface area contributed by atoms with Crippen molar-refractivity contribution in [2.45, 2.75) is 51.9 Å². The molecule has 0 aromatic rings. The van der Waals surface area contributed by atoms with Gasteiger partial charge in [-0.25, -0.2) is 4.79 Å². The highest BCUT2D eigenvalue weighted by Gasteiger charge is 2.41. The number of carbonyl (C=O) groups is 2. The molecule has 1 aliphatic heterocycles. The van der Waals surface area contributed by atoms with Gasteiger partial charge in [-0.15, -0.1) is 0 Å². The van der Waals surface area contributed by atoms with E-state index >= 15 is 0 Å². The van der Waals surface area contributed by atoms with Gasteiger partial charge in [0.25, 0.3) is 0 Å². The molecule has 1 saturated carbocycles. The topological polar surface area (TPSA) is 69.6 Å². The van der Waals surface area contributed by atoms with Gasteiger partial charge in [0, 0.05) is 19.6 Å². The van der Waals surface area contributed by atoms with Gasteiger partial charge in [0.05, 0.1) is 5.41 Å². The molecule has 1 heterocycles.